The molecule has 0 aliphatic heterocycles. The summed E-state index contributed by atoms with van der Waals surface area (Å²) in [7, 11) is 0. The molecule has 0 saturated heterocycles. The zero-order chi connectivity index (χ0) is 20.0. The van der Waals surface area contributed by atoms with Crippen LogP contribution >= 0.6 is 11.3 Å². The first kappa shape index (κ1) is 17.1. The van der Waals surface area contributed by atoms with E-state index in [1.54, 1.807) is 64.8 Å². The van der Waals surface area contributed by atoms with Crippen molar-refractivity contribution in [1.82, 2.24) is 14.4 Å². The van der Waals surface area contributed by atoms with Gasteiger partial charge in [-0.1, -0.05) is 12.1 Å². The van der Waals surface area contributed by atoms with E-state index < -0.39 is 11.9 Å². The molecular formula is C20H12N4O4S. The van der Waals surface area contributed by atoms with Gasteiger partial charge in [0.2, 0.25) is 0 Å². The summed E-state index contributed by atoms with van der Waals surface area (Å²) in [6.07, 6.45) is 5.24. The normalized spacial score (nSPS) is 11.2. The number of pyridine rings is 1. The Balaban J connectivity index is 1.51. The Morgan fingerprint density at radius 1 is 1.17 bits per heavy atom. The number of benzene rings is 1. The Bertz CT molecular complexity index is 1370. The Morgan fingerprint density at radius 2 is 2.03 bits per heavy atom. The van der Waals surface area contributed by atoms with E-state index in [1.165, 1.54) is 11.3 Å². The zero-order valence-corrected chi connectivity index (χ0v) is 15.5. The highest BCUT2D eigenvalue weighted by atomic mass is 32.1. The minimum Gasteiger partial charge on any atom is -0.478 e. The number of rotatable bonds is 4. The van der Waals surface area contributed by atoms with E-state index in [0.717, 1.165) is 5.65 Å². The number of aromatic carboxylic acids is 1. The van der Waals surface area contributed by atoms with Crippen LogP contribution in [0.4, 0.5) is 5.69 Å². The lowest BCUT2D eigenvalue weighted by molar-refractivity contribution is 0.0699. The van der Waals surface area contributed by atoms with Crippen LogP contribution in [0, 0.1) is 0 Å². The van der Waals surface area contributed by atoms with Gasteiger partial charge in [-0.15, -0.1) is 11.3 Å². The Kier molecular flexibility index (Phi) is 3.88. The first-order valence-electron chi connectivity index (χ1n) is 8.55. The second-order valence-corrected chi connectivity index (χ2v) is 7.09. The topological polar surface area (TPSA) is 110 Å². The molecule has 0 radical (unpaired) electrons. The molecule has 0 spiro atoms. The summed E-state index contributed by atoms with van der Waals surface area (Å²) < 4.78 is 7.26. The molecule has 29 heavy (non-hydrogen) atoms. The fourth-order valence-electron chi connectivity index (χ4n) is 3.07. The number of oxazole rings is 1. The van der Waals surface area contributed by atoms with Crippen molar-refractivity contribution in [2.24, 2.45) is 0 Å². The highest BCUT2D eigenvalue weighted by molar-refractivity contribution is 7.14. The summed E-state index contributed by atoms with van der Waals surface area (Å²) in [4.78, 5) is 33.4. The van der Waals surface area contributed by atoms with Crippen LogP contribution in [0.2, 0.25) is 0 Å². The summed E-state index contributed by atoms with van der Waals surface area (Å²) in [5.74, 6) is -1.88. The first-order chi connectivity index (χ1) is 14.1. The van der Waals surface area contributed by atoms with Crippen LogP contribution < -0.4 is 5.32 Å². The molecule has 0 aliphatic rings. The number of hydrogen-bond donors (Lipinski definition) is 2. The average molecular weight is 404 g/mol. The smallest absolute Gasteiger partial charge is 0.339 e. The molecule has 0 bridgehead atoms. The predicted molar refractivity (Wildman–Crippen MR) is 107 cm³/mol. The van der Waals surface area contributed by atoms with Gasteiger partial charge in [0, 0.05) is 29.5 Å². The minimum absolute atomic E-state index is 0.0129. The summed E-state index contributed by atoms with van der Waals surface area (Å²) >= 11 is 1.23. The number of carbonyl (C=O) groups is 2. The number of imidazole rings is 1. The van der Waals surface area contributed by atoms with Crippen LogP contribution in [0.3, 0.4) is 0 Å². The number of nitrogens with one attached hydrogen (secondary N) is 1. The highest BCUT2D eigenvalue weighted by Gasteiger charge is 2.23. The van der Waals surface area contributed by atoms with E-state index in [1.807, 2.05) is 0 Å². The van der Waals surface area contributed by atoms with Crippen LogP contribution in [0.5, 0.6) is 0 Å². The van der Waals surface area contributed by atoms with Crippen molar-refractivity contribution in [3.05, 3.63) is 71.8 Å². The number of carbonyl (C=O) groups excluding carboxylic acids is 1. The van der Waals surface area contributed by atoms with Crippen molar-refractivity contribution in [3.8, 4) is 10.4 Å². The lowest BCUT2D eigenvalue weighted by atomic mass is 10.1. The maximum atomic E-state index is 12.6. The van der Waals surface area contributed by atoms with E-state index in [0.29, 0.717) is 21.5 Å². The fourth-order valence-corrected chi connectivity index (χ4v) is 4.06. The van der Waals surface area contributed by atoms with Gasteiger partial charge < -0.3 is 19.2 Å². The Morgan fingerprint density at radius 3 is 2.86 bits per heavy atom. The van der Waals surface area contributed by atoms with Crippen LogP contribution in [0.15, 0.2) is 64.8 Å². The molecule has 1 amide bonds. The maximum absolute atomic E-state index is 12.6. The van der Waals surface area contributed by atoms with Crippen LogP contribution in [0.1, 0.15) is 21.0 Å². The molecule has 0 aliphatic carbocycles. The zero-order valence-electron chi connectivity index (χ0n) is 14.7. The third-order valence-corrected chi connectivity index (χ3v) is 5.42. The van der Waals surface area contributed by atoms with Crippen molar-refractivity contribution >= 4 is 45.6 Å². The number of fused-ring (bicyclic) bond motifs is 2. The fraction of sp³-hybridized carbons (Fsp3) is 0. The van der Waals surface area contributed by atoms with Crippen LogP contribution in [-0.2, 0) is 0 Å². The monoisotopic (exact) mass is 404 g/mol. The number of anilines is 1. The quantitative estimate of drug-likeness (QED) is 0.466. The molecule has 5 aromatic rings. The molecule has 0 fully saturated rings. The van der Waals surface area contributed by atoms with Gasteiger partial charge in [0.05, 0.1) is 10.6 Å². The number of carboxylic acids is 1. The van der Waals surface area contributed by atoms with Crippen molar-refractivity contribution < 1.29 is 19.1 Å². The van der Waals surface area contributed by atoms with Crippen molar-refractivity contribution in [2.75, 3.05) is 5.32 Å². The van der Waals surface area contributed by atoms with Gasteiger partial charge in [-0.2, -0.15) is 0 Å². The van der Waals surface area contributed by atoms with Gasteiger partial charge in [0.1, 0.15) is 16.7 Å². The van der Waals surface area contributed by atoms with Crippen LogP contribution in [-0.4, -0.2) is 31.4 Å². The van der Waals surface area contributed by atoms with Gasteiger partial charge in [-0.05, 0) is 24.3 Å². The Hall–Kier alpha value is -3.98. The number of carboxylic acid groups (broad SMARTS) is 1. The SMILES string of the molecule is O=C(Nc1csc(-c2ccc3nccn3c2)c1C(=O)O)c1nc2ccccc2o1. The first-order valence-corrected chi connectivity index (χ1v) is 9.43. The highest BCUT2D eigenvalue weighted by Crippen LogP contribution is 2.36. The van der Waals surface area contributed by atoms with Crippen molar-refractivity contribution in [2.45, 2.75) is 0 Å². The number of aromatic nitrogens is 3. The minimum atomic E-state index is -1.14. The van der Waals surface area contributed by atoms with E-state index in [4.69, 9.17) is 4.42 Å². The molecule has 2 N–H and O–H groups in total. The molecule has 4 heterocycles. The Labute approximate surface area is 167 Å². The summed E-state index contributed by atoms with van der Waals surface area (Å²) in [5, 5.41) is 14.0. The van der Waals surface area contributed by atoms with Gasteiger partial charge in [0.15, 0.2) is 5.58 Å². The van der Waals surface area contributed by atoms with Gasteiger partial charge in [-0.25, -0.2) is 14.8 Å². The standard InChI is InChI=1S/C20H12N4O4S/c25-18(19-23-12-3-1-2-4-14(12)28-19)22-13-10-29-17(16(13)20(26)27)11-5-6-15-21-7-8-24(15)9-11/h1-10H,(H,22,25)(H,26,27). The summed E-state index contributed by atoms with van der Waals surface area (Å²) in [6.45, 7) is 0. The number of amides is 1. The largest absolute Gasteiger partial charge is 0.478 e. The second-order valence-electron chi connectivity index (χ2n) is 6.21. The maximum Gasteiger partial charge on any atom is 0.339 e. The summed E-state index contributed by atoms with van der Waals surface area (Å²) in [5.41, 5.74) is 2.70. The number of nitrogens with zero attached hydrogens (tertiary/aromatic N) is 3. The molecule has 0 atom stereocenters. The van der Waals surface area contributed by atoms with E-state index in [2.05, 4.69) is 15.3 Å². The predicted octanol–water partition coefficient (Wildman–Crippen LogP) is 4.15. The number of thiophene rings is 1. The lowest BCUT2D eigenvalue weighted by Crippen LogP contribution is -2.14. The van der Waals surface area contributed by atoms with Gasteiger partial charge in [-0.3, -0.25) is 4.79 Å². The van der Waals surface area contributed by atoms with Gasteiger partial charge in [0.25, 0.3) is 5.89 Å². The van der Waals surface area contributed by atoms with Gasteiger partial charge >= 0.3 is 11.9 Å². The molecule has 142 valence electrons. The molecule has 0 saturated carbocycles. The average Bonchev–Trinajstić information content (AvgIpc) is 3.44. The molecule has 0 unspecified atom stereocenters. The van der Waals surface area contributed by atoms with Crippen molar-refractivity contribution in [3.63, 3.8) is 0 Å². The number of hydrogen-bond acceptors (Lipinski definition) is 6. The molecule has 5 rings (SSSR count). The van der Waals surface area contributed by atoms with E-state index in [-0.39, 0.29) is 17.1 Å². The number of para-hydroxylation sites is 2. The molecule has 1 aromatic carbocycles. The lowest BCUT2D eigenvalue weighted by Gasteiger charge is -2.05. The third-order valence-electron chi connectivity index (χ3n) is 4.39. The second kappa shape index (κ2) is 6.57. The molecule has 8 nitrogen and oxygen atoms in total. The third kappa shape index (κ3) is 2.93. The van der Waals surface area contributed by atoms with Crippen LogP contribution in [0.25, 0.3) is 27.2 Å². The molecule has 9 heteroatoms. The van der Waals surface area contributed by atoms with Crippen molar-refractivity contribution in [1.29, 1.82) is 0 Å². The summed E-state index contributed by atoms with van der Waals surface area (Å²) in [6, 6.07) is 10.6. The molecular weight excluding hydrogens is 392 g/mol. The van der Waals surface area contributed by atoms with E-state index >= 15 is 0 Å². The molecule has 4 aromatic heterocycles. The van der Waals surface area contributed by atoms with E-state index in [9.17, 15) is 14.7 Å².